The first kappa shape index (κ1) is 15.5. The second-order valence-electron chi connectivity index (χ2n) is 5.91. The Bertz CT molecular complexity index is 520. The first-order valence-corrected chi connectivity index (χ1v) is 7.30. The number of para-hydroxylation sites is 1. The first-order chi connectivity index (χ1) is 10.0. The van der Waals surface area contributed by atoms with E-state index in [-0.39, 0.29) is 5.91 Å². The SMILES string of the molecule is CC1CC(C)CN(C(=O)c2ccccc2NC(=O)CO)C1. The molecular formula is C16H22N2O3. The number of hydrogen-bond acceptors (Lipinski definition) is 3. The Kier molecular flexibility index (Phi) is 4.96. The van der Waals surface area contributed by atoms with E-state index in [4.69, 9.17) is 5.11 Å². The summed E-state index contributed by atoms with van der Waals surface area (Å²) in [4.78, 5) is 25.9. The summed E-state index contributed by atoms with van der Waals surface area (Å²) in [6.45, 7) is 5.18. The number of anilines is 1. The topological polar surface area (TPSA) is 69.6 Å². The molecule has 1 aromatic rings. The van der Waals surface area contributed by atoms with Crippen LogP contribution in [-0.4, -0.2) is 41.5 Å². The normalized spacial score (nSPS) is 22.0. The molecule has 1 saturated heterocycles. The zero-order valence-corrected chi connectivity index (χ0v) is 12.5. The highest BCUT2D eigenvalue weighted by atomic mass is 16.3. The molecule has 0 spiro atoms. The number of carbonyl (C=O) groups is 2. The lowest BCUT2D eigenvalue weighted by Crippen LogP contribution is -2.42. The minimum Gasteiger partial charge on any atom is -0.387 e. The van der Waals surface area contributed by atoms with Crippen molar-refractivity contribution in [2.75, 3.05) is 25.0 Å². The molecule has 114 valence electrons. The molecular weight excluding hydrogens is 268 g/mol. The molecule has 0 radical (unpaired) electrons. The number of amides is 2. The van der Waals surface area contributed by atoms with E-state index in [9.17, 15) is 9.59 Å². The van der Waals surface area contributed by atoms with Gasteiger partial charge in [-0.2, -0.15) is 0 Å². The summed E-state index contributed by atoms with van der Waals surface area (Å²) < 4.78 is 0. The third kappa shape index (κ3) is 3.82. The highest BCUT2D eigenvalue weighted by molar-refractivity contribution is 6.04. The van der Waals surface area contributed by atoms with Crippen molar-refractivity contribution in [3.63, 3.8) is 0 Å². The van der Waals surface area contributed by atoms with Crippen molar-refractivity contribution >= 4 is 17.5 Å². The molecule has 2 unspecified atom stereocenters. The van der Waals surface area contributed by atoms with E-state index in [2.05, 4.69) is 19.2 Å². The fourth-order valence-electron chi connectivity index (χ4n) is 2.97. The van der Waals surface area contributed by atoms with Crippen molar-refractivity contribution in [1.82, 2.24) is 4.90 Å². The van der Waals surface area contributed by atoms with Gasteiger partial charge in [-0.15, -0.1) is 0 Å². The predicted molar refractivity (Wildman–Crippen MR) is 81.0 cm³/mol. The second-order valence-corrected chi connectivity index (χ2v) is 5.91. The van der Waals surface area contributed by atoms with Crippen LogP contribution in [-0.2, 0) is 4.79 Å². The van der Waals surface area contributed by atoms with E-state index in [0.717, 1.165) is 19.5 Å². The van der Waals surface area contributed by atoms with Crippen LogP contribution in [0.2, 0.25) is 0 Å². The summed E-state index contributed by atoms with van der Waals surface area (Å²) in [5, 5.41) is 11.4. The van der Waals surface area contributed by atoms with Crippen LogP contribution >= 0.6 is 0 Å². The maximum atomic E-state index is 12.7. The average molecular weight is 290 g/mol. The summed E-state index contributed by atoms with van der Waals surface area (Å²) in [5.74, 6) is 0.381. The van der Waals surface area contributed by atoms with Gasteiger partial charge < -0.3 is 15.3 Å². The summed E-state index contributed by atoms with van der Waals surface area (Å²) in [7, 11) is 0. The smallest absolute Gasteiger partial charge is 0.255 e. The zero-order chi connectivity index (χ0) is 15.4. The van der Waals surface area contributed by atoms with Crippen LogP contribution in [0.4, 0.5) is 5.69 Å². The molecule has 1 heterocycles. The highest BCUT2D eigenvalue weighted by Crippen LogP contribution is 2.24. The summed E-state index contributed by atoms with van der Waals surface area (Å²) in [5.41, 5.74) is 0.924. The lowest BCUT2D eigenvalue weighted by Gasteiger charge is -2.35. The standard InChI is InChI=1S/C16H22N2O3/c1-11-7-12(2)9-18(8-11)16(21)13-5-3-4-6-14(13)17-15(20)10-19/h3-6,11-12,19H,7-10H2,1-2H3,(H,17,20). The fourth-order valence-corrected chi connectivity index (χ4v) is 2.97. The van der Waals surface area contributed by atoms with E-state index >= 15 is 0 Å². The number of likely N-dealkylation sites (tertiary alicyclic amines) is 1. The van der Waals surface area contributed by atoms with E-state index in [1.807, 2.05) is 4.90 Å². The molecule has 2 atom stereocenters. The van der Waals surface area contributed by atoms with E-state index in [1.54, 1.807) is 24.3 Å². The zero-order valence-electron chi connectivity index (χ0n) is 12.5. The third-order valence-electron chi connectivity index (χ3n) is 3.73. The van der Waals surface area contributed by atoms with Gasteiger partial charge in [0.25, 0.3) is 5.91 Å². The van der Waals surface area contributed by atoms with Crippen LogP contribution in [0, 0.1) is 11.8 Å². The van der Waals surface area contributed by atoms with Crippen LogP contribution < -0.4 is 5.32 Å². The van der Waals surface area contributed by atoms with Crippen molar-refractivity contribution in [2.45, 2.75) is 20.3 Å². The molecule has 2 rings (SSSR count). The first-order valence-electron chi connectivity index (χ1n) is 7.30. The van der Waals surface area contributed by atoms with Gasteiger partial charge in [0.15, 0.2) is 0 Å². The Hall–Kier alpha value is -1.88. The van der Waals surface area contributed by atoms with Crippen LogP contribution in [0.1, 0.15) is 30.6 Å². The van der Waals surface area contributed by atoms with Crippen molar-refractivity contribution in [3.05, 3.63) is 29.8 Å². The molecule has 1 aromatic carbocycles. The molecule has 0 aliphatic carbocycles. The molecule has 1 aliphatic rings. The molecule has 2 N–H and O–H groups in total. The number of aliphatic hydroxyl groups is 1. The van der Waals surface area contributed by atoms with E-state index < -0.39 is 12.5 Å². The van der Waals surface area contributed by atoms with E-state index in [1.165, 1.54) is 0 Å². The quantitative estimate of drug-likeness (QED) is 0.891. The van der Waals surface area contributed by atoms with Gasteiger partial charge in [-0.25, -0.2) is 0 Å². The lowest BCUT2D eigenvalue weighted by molar-refractivity contribution is -0.118. The largest absolute Gasteiger partial charge is 0.387 e. The van der Waals surface area contributed by atoms with Crippen molar-refractivity contribution in [1.29, 1.82) is 0 Å². The number of aliphatic hydroxyl groups excluding tert-OH is 1. The molecule has 1 fully saturated rings. The highest BCUT2D eigenvalue weighted by Gasteiger charge is 2.27. The molecule has 5 nitrogen and oxygen atoms in total. The Labute approximate surface area is 125 Å². The Morgan fingerprint density at radius 1 is 1.24 bits per heavy atom. The predicted octanol–water partition coefficient (Wildman–Crippen LogP) is 1.74. The van der Waals surface area contributed by atoms with Crippen molar-refractivity contribution in [3.8, 4) is 0 Å². The van der Waals surface area contributed by atoms with Gasteiger partial charge >= 0.3 is 0 Å². The van der Waals surface area contributed by atoms with Crippen LogP contribution in [0.15, 0.2) is 24.3 Å². The van der Waals surface area contributed by atoms with Gasteiger partial charge in [-0.05, 0) is 30.4 Å². The lowest BCUT2D eigenvalue weighted by atomic mass is 9.91. The van der Waals surface area contributed by atoms with Gasteiger partial charge in [0.2, 0.25) is 5.91 Å². The van der Waals surface area contributed by atoms with Crippen LogP contribution in [0.3, 0.4) is 0 Å². The summed E-state index contributed by atoms with van der Waals surface area (Å²) in [6.07, 6.45) is 1.13. The van der Waals surface area contributed by atoms with Gasteiger partial charge in [-0.1, -0.05) is 26.0 Å². The molecule has 2 amide bonds. The van der Waals surface area contributed by atoms with Gasteiger partial charge in [0.05, 0.1) is 11.3 Å². The number of piperidine rings is 1. The summed E-state index contributed by atoms with van der Waals surface area (Å²) >= 11 is 0. The molecule has 21 heavy (non-hydrogen) atoms. The average Bonchev–Trinajstić information content (AvgIpc) is 2.46. The van der Waals surface area contributed by atoms with Gasteiger partial charge in [0.1, 0.15) is 6.61 Å². The molecule has 0 saturated carbocycles. The van der Waals surface area contributed by atoms with Crippen molar-refractivity contribution < 1.29 is 14.7 Å². The molecule has 1 aliphatic heterocycles. The number of benzene rings is 1. The maximum Gasteiger partial charge on any atom is 0.255 e. The monoisotopic (exact) mass is 290 g/mol. The van der Waals surface area contributed by atoms with Crippen LogP contribution in [0.5, 0.6) is 0 Å². The summed E-state index contributed by atoms with van der Waals surface area (Å²) in [6, 6.07) is 6.92. The third-order valence-corrected chi connectivity index (χ3v) is 3.73. The van der Waals surface area contributed by atoms with Crippen LogP contribution in [0.25, 0.3) is 0 Å². The minimum absolute atomic E-state index is 0.0674. The number of nitrogens with zero attached hydrogens (tertiary/aromatic N) is 1. The molecule has 0 aromatic heterocycles. The number of rotatable bonds is 3. The Balaban J connectivity index is 2.20. The molecule has 5 heteroatoms. The van der Waals surface area contributed by atoms with E-state index in [0.29, 0.717) is 23.1 Å². The molecule has 0 bridgehead atoms. The Morgan fingerprint density at radius 2 is 1.86 bits per heavy atom. The van der Waals surface area contributed by atoms with Gasteiger partial charge in [-0.3, -0.25) is 9.59 Å². The van der Waals surface area contributed by atoms with Crippen molar-refractivity contribution in [2.24, 2.45) is 11.8 Å². The minimum atomic E-state index is -0.597. The fraction of sp³-hybridized carbons (Fsp3) is 0.500. The number of nitrogens with one attached hydrogen (secondary N) is 1. The van der Waals surface area contributed by atoms with Gasteiger partial charge in [0, 0.05) is 13.1 Å². The Morgan fingerprint density at radius 3 is 2.48 bits per heavy atom. The second kappa shape index (κ2) is 6.72. The maximum absolute atomic E-state index is 12.7. The number of hydrogen-bond donors (Lipinski definition) is 2. The number of carbonyl (C=O) groups excluding carboxylic acids is 2.